The monoisotopic (exact) mass is 303 g/mol. The lowest BCUT2D eigenvalue weighted by molar-refractivity contribution is -0.149. The van der Waals surface area contributed by atoms with Crippen LogP contribution >= 0.6 is 0 Å². The lowest BCUT2D eigenvalue weighted by Crippen LogP contribution is -2.26. The molecule has 0 bridgehead atoms. The molecule has 22 heavy (non-hydrogen) atoms. The summed E-state index contributed by atoms with van der Waals surface area (Å²) in [5.74, 6) is 0.606. The van der Waals surface area contributed by atoms with Crippen molar-refractivity contribution >= 4 is 5.97 Å². The predicted molar refractivity (Wildman–Crippen MR) is 89.7 cm³/mol. The topological polar surface area (TPSA) is 38.3 Å². The number of carbonyl (C=O) groups is 1. The number of carbonyl (C=O) groups excluding carboxylic acids is 1. The van der Waals surface area contributed by atoms with E-state index in [9.17, 15) is 4.79 Å². The number of esters is 1. The Balaban J connectivity index is 1.79. The Morgan fingerprint density at radius 2 is 1.82 bits per heavy atom. The van der Waals surface area contributed by atoms with Crippen molar-refractivity contribution in [3.8, 4) is 0 Å². The zero-order valence-electron chi connectivity index (χ0n) is 14.1. The third-order valence-electron chi connectivity index (χ3n) is 4.45. The van der Waals surface area contributed by atoms with Crippen LogP contribution in [0.5, 0.6) is 0 Å². The zero-order chi connectivity index (χ0) is 15.9. The van der Waals surface area contributed by atoms with E-state index < -0.39 is 0 Å². The van der Waals surface area contributed by atoms with Crippen molar-refractivity contribution in [2.24, 2.45) is 5.92 Å². The van der Waals surface area contributed by atoms with E-state index in [1.54, 1.807) is 0 Å². The average molecular weight is 303 g/mol. The van der Waals surface area contributed by atoms with Crippen molar-refractivity contribution < 1.29 is 9.53 Å². The number of nitrogens with one attached hydrogen (secondary N) is 1. The van der Waals surface area contributed by atoms with E-state index in [0.29, 0.717) is 18.6 Å². The third-order valence-corrected chi connectivity index (χ3v) is 4.45. The smallest absolute Gasteiger partial charge is 0.309 e. The molecule has 0 spiro atoms. The minimum atomic E-state index is -0.0175. The normalized spacial score (nSPS) is 16.9. The predicted octanol–water partition coefficient (Wildman–Crippen LogP) is 4.02. The Bertz CT molecular complexity index is 461. The maximum Gasteiger partial charge on any atom is 0.309 e. The highest BCUT2D eigenvalue weighted by atomic mass is 16.5. The fraction of sp³-hybridized carbons (Fsp3) is 0.632. The van der Waals surface area contributed by atoms with Gasteiger partial charge in [0.15, 0.2) is 0 Å². The minimum absolute atomic E-state index is 0.0175. The van der Waals surface area contributed by atoms with Crippen molar-refractivity contribution in [3.05, 3.63) is 35.4 Å². The molecule has 1 fully saturated rings. The third kappa shape index (κ3) is 5.13. The summed E-state index contributed by atoms with van der Waals surface area (Å²) in [5, 5.41) is 3.46. The SMILES string of the molecule is CC(C)NCC(C)c1ccc(COC(=O)C2CCCC2)cc1. The maximum atomic E-state index is 11.9. The molecule has 122 valence electrons. The van der Waals surface area contributed by atoms with Gasteiger partial charge in [0.25, 0.3) is 0 Å². The van der Waals surface area contributed by atoms with E-state index in [1.165, 1.54) is 5.56 Å². The van der Waals surface area contributed by atoms with Gasteiger partial charge in [0.2, 0.25) is 0 Å². The Labute approximate surface area is 134 Å². The molecular formula is C19H29NO2. The molecule has 3 nitrogen and oxygen atoms in total. The van der Waals surface area contributed by atoms with Gasteiger partial charge in [-0.15, -0.1) is 0 Å². The molecule has 1 unspecified atom stereocenters. The summed E-state index contributed by atoms with van der Waals surface area (Å²) < 4.78 is 5.44. The molecule has 2 rings (SSSR count). The molecule has 0 aromatic heterocycles. The van der Waals surface area contributed by atoms with Crippen LogP contribution < -0.4 is 5.32 Å². The van der Waals surface area contributed by atoms with Crippen LogP contribution in [0.1, 0.15) is 63.5 Å². The fourth-order valence-corrected chi connectivity index (χ4v) is 2.91. The van der Waals surface area contributed by atoms with E-state index in [1.807, 2.05) is 0 Å². The summed E-state index contributed by atoms with van der Waals surface area (Å²) >= 11 is 0. The summed E-state index contributed by atoms with van der Waals surface area (Å²) in [4.78, 5) is 11.9. The standard InChI is InChI=1S/C19H29NO2/c1-14(2)20-12-15(3)17-10-8-16(9-11-17)13-22-19(21)18-6-4-5-7-18/h8-11,14-15,18,20H,4-7,12-13H2,1-3H3. The van der Waals surface area contributed by atoms with Gasteiger partial charge in [-0.25, -0.2) is 0 Å². The van der Waals surface area contributed by atoms with Gasteiger partial charge in [-0.3, -0.25) is 4.79 Å². The highest BCUT2D eigenvalue weighted by Crippen LogP contribution is 2.26. The van der Waals surface area contributed by atoms with Gasteiger partial charge in [-0.05, 0) is 29.9 Å². The second kappa shape index (κ2) is 8.33. The second-order valence-electron chi connectivity index (χ2n) is 6.79. The van der Waals surface area contributed by atoms with Gasteiger partial charge < -0.3 is 10.1 Å². The molecule has 1 aliphatic carbocycles. The van der Waals surface area contributed by atoms with Gasteiger partial charge >= 0.3 is 5.97 Å². The van der Waals surface area contributed by atoms with Gasteiger partial charge in [-0.1, -0.05) is 57.9 Å². The molecule has 0 amide bonds. The molecule has 1 saturated carbocycles. The Morgan fingerprint density at radius 1 is 1.18 bits per heavy atom. The zero-order valence-corrected chi connectivity index (χ0v) is 14.1. The molecule has 1 aromatic rings. The summed E-state index contributed by atoms with van der Waals surface area (Å²) in [6.07, 6.45) is 4.32. The fourth-order valence-electron chi connectivity index (χ4n) is 2.91. The van der Waals surface area contributed by atoms with Crippen LogP contribution in [0.3, 0.4) is 0 Å². The lowest BCUT2D eigenvalue weighted by Gasteiger charge is -2.16. The lowest BCUT2D eigenvalue weighted by atomic mass is 9.99. The summed E-state index contributed by atoms with van der Waals surface area (Å²) in [6, 6.07) is 8.94. The van der Waals surface area contributed by atoms with Gasteiger partial charge in [0.1, 0.15) is 6.61 Å². The molecule has 0 heterocycles. The van der Waals surface area contributed by atoms with E-state index in [4.69, 9.17) is 4.74 Å². The van der Waals surface area contributed by atoms with Crippen molar-refractivity contribution in [2.45, 2.75) is 65.0 Å². The highest BCUT2D eigenvalue weighted by molar-refractivity contribution is 5.72. The molecule has 0 radical (unpaired) electrons. The van der Waals surface area contributed by atoms with E-state index in [-0.39, 0.29) is 11.9 Å². The van der Waals surface area contributed by atoms with E-state index in [0.717, 1.165) is 37.8 Å². The van der Waals surface area contributed by atoms with Crippen molar-refractivity contribution in [2.75, 3.05) is 6.54 Å². The van der Waals surface area contributed by atoms with Crippen LogP contribution in [0.4, 0.5) is 0 Å². The Kier molecular flexibility index (Phi) is 6.44. The highest BCUT2D eigenvalue weighted by Gasteiger charge is 2.23. The molecular weight excluding hydrogens is 274 g/mol. The van der Waals surface area contributed by atoms with Crippen molar-refractivity contribution in [3.63, 3.8) is 0 Å². The largest absolute Gasteiger partial charge is 0.461 e. The number of hydrogen-bond donors (Lipinski definition) is 1. The number of rotatable bonds is 7. The summed E-state index contributed by atoms with van der Waals surface area (Å²) in [6.45, 7) is 7.93. The first kappa shape index (κ1) is 17.0. The Morgan fingerprint density at radius 3 is 2.41 bits per heavy atom. The van der Waals surface area contributed by atoms with Crippen LogP contribution in [0, 0.1) is 5.92 Å². The molecule has 1 aliphatic rings. The van der Waals surface area contributed by atoms with Crippen molar-refractivity contribution in [1.82, 2.24) is 5.32 Å². The molecule has 1 N–H and O–H groups in total. The average Bonchev–Trinajstić information content (AvgIpc) is 3.05. The van der Waals surface area contributed by atoms with Crippen LogP contribution in [0.15, 0.2) is 24.3 Å². The molecule has 1 aromatic carbocycles. The van der Waals surface area contributed by atoms with Crippen LogP contribution in [0.2, 0.25) is 0 Å². The molecule has 0 aliphatic heterocycles. The van der Waals surface area contributed by atoms with Gasteiger partial charge in [0, 0.05) is 12.6 Å². The molecule has 3 heteroatoms. The maximum absolute atomic E-state index is 11.9. The summed E-state index contributed by atoms with van der Waals surface area (Å²) in [5.41, 5.74) is 2.39. The number of hydrogen-bond acceptors (Lipinski definition) is 3. The van der Waals surface area contributed by atoms with E-state index >= 15 is 0 Å². The second-order valence-corrected chi connectivity index (χ2v) is 6.79. The van der Waals surface area contributed by atoms with Gasteiger partial charge in [-0.2, -0.15) is 0 Å². The van der Waals surface area contributed by atoms with Crippen LogP contribution in [0.25, 0.3) is 0 Å². The first-order chi connectivity index (χ1) is 10.6. The quantitative estimate of drug-likeness (QED) is 0.773. The Hall–Kier alpha value is -1.35. The van der Waals surface area contributed by atoms with E-state index in [2.05, 4.69) is 50.4 Å². The van der Waals surface area contributed by atoms with Crippen LogP contribution in [-0.4, -0.2) is 18.6 Å². The first-order valence-electron chi connectivity index (χ1n) is 8.55. The number of ether oxygens (including phenoxy) is 1. The van der Waals surface area contributed by atoms with Crippen molar-refractivity contribution in [1.29, 1.82) is 0 Å². The first-order valence-corrected chi connectivity index (χ1v) is 8.55. The van der Waals surface area contributed by atoms with Gasteiger partial charge in [0.05, 0.1) is 5.92 Å². The van der Waals surface area contributed by atoms with Crippen LogP contribution in [-0.2, 0) is 16.1 Å². The summed E-state index contributed by atoms with van der Waals surface area (Å²) in [7, 11) is 0. The number of benzene rings is 1. The molecule has 1 atom stereocenters. The minimum Gasteiger partial charge on any atom is -0.461 e. The molecule has 0 saturated heterocycles.